The highest BCUT2D eigenvalue weighted by Gasteiger charge is 2.30. The first-order valence-electron chi connectivity index (χ1n) is 8.79. The van der Waals surface area contributed by atoms with Crippen molar-refractivity contribution in [2.45, 2.75) is 37.8 Å². The average Bonchev–Trinajstić information content (AvgIpc) is 2.62. The molecular weight excluding hydrogens is 416 g/mol. The molecule has 2 atom stereocenters. The Morgan fingerprint density at radius 1 is 0.806 bits per heavy atom. The molecular formula is C20H24F2N2O7. The maximum atomic E-state index is 13.3. The van der Waals surface area contributed by atoms with E-state index >= 15 is 0 Å². The van der Waals surface area contributed by atoms with Crippen molar-refractivity contribution >= 4 is 11.9 Å². The van der Waals surface area contributed by atoms with E-state index in [4.69, 9.17) is 37.0 Å². The Hall–Kier alpha value is -3.44. The molecule has 2 rings (SSSR count). The average molecular weight is 440 g/mol. The predicted octanol–water partition coefficient (Wildman–Crippen LogP) is 1.46. The molecule has 0 aliphatic rings. The number of benzene rings is 2. The Balaban J connectivity index is 0.000000311. The van der Waals surface area contributed by atoms with Crippen LogP contribution < -0.4 is 11.5 Å². The van der Waals surface area contributed by atoms with Crippen LogP contribution in [0.2, 0.25) is 0 Å². The fourth-order valence-electron chi connectivity index (χ4n) is 2.35. The van der Waals surface area contributed by atoms with Crippen molar-refractivity contribution < 1.29 is 43.9 Å². The molecule has 11 heteroatoms. The van der Waals surface area contributed by atoms with Gasteiger partial charge in [-0.15, -0.1) is 0 Å². The number of phenols is 3. The molecule has 0 heterocycles. The van der Waals surface area contributed by atoms with Crippen molar-refractivity contribution in [1.29, 1.82) is 0 Å². The lowest BCUT2D eigenvalue weighted by molar-refractivity contribution is -0.143. The number of aliphatic carboxylic acids is 2. The van der Waals surface area contributed by atoms with Crippen LogP contribution in [0, 0.1) is 11.6 Å². The fraction of sp³-hybridized carbons (Fsp3) is 0.300. The van der Waals surface area contributed by atoms with E-state index in [2.05, 4.69) is 0 Å². The van der Waals surface area contributed by atoms with Crippen LogP contribution in [0.1, 0.15) is 25.0 Å². The summed E-state index contributed by atoms with van der Waals surface area (Å²) in [6.07, 6.45) is -0.420. The molecule has 2 aromatic rings. The maximum absolute atomic E-state index is 13.3. The molecule has 0 saturated heterocycles. The monoisotopic (exact) mass is 440 g/mol. The van der Waals surface area contributed by atoms with Gasteiger partial charge in [0.25, 0.3) is 0 Å². The molecule has 2 aromatic carbocycles. The standard InChI is InChI=1S/C10H12FNO4.C10H12FNO3/c1-10(12,9(15)16)4-5-2-7(13)8(14)3-6(5)11;1-10(12,9(14)15)5-6-2-3-7(13)4-8(6)11/h2-3,13-14H,4,12H2,1H3,(H,15,16);2-4,13H,5,12H2,1H3,(H,14,15)/t2*10-/m00/s1/i2*11-1. The number of phenolic OH excluding ortho intramolecular Hbond substituents is 3. The molecule has 0 unspecified atom stereocenters. The second kappa shape index (κ2) is 9.58. The highest BCUT2D eigenvalue weighted by atomic mass is 18.2. The lowest BCUT2D eigenvalue weighted by atomic mass is 9.93. The zero-order valence-corrected chi connectivity index (χ0v) is 16.8. The molecule has 170 valence electrons. The van der Waals surface area contributed by atoms with Gasteiger partial charge in [-0.2, -0.15) is 0 Å². The first kappa shape index (κ1) is 25.6. The predicted molar refractivity (Wildman–Crippen MR) is 106 cm³/mol. The molecule has 0 aromatic heterocycles. The molecule has 0 aliphatic carbocycles. The molecule has 9 nitrogen and oxygen atoms in total. The number of hydrogen-bond acceptors (Lipinski definition) is 7. The highest BCUT2D eigenvalue weighted by molar-refractivity contribution is 5.78. The minimum absolute atomic E-state index is 0.0669. The topological polar surface area (TPSA) is 187 Å². The number of rotatable bonds is 6. The summed E-state index contributed by atoms with van der Waals surface area (Å²) in [5.74, 6) is -5.27. The van der Waals surface area contributed by atoms with E-state index in [0.717, 1.165) is 12.1 Å². The maximum Gasteiger partial charge on any atom is 0.323 e. The number of carbonyl (C=O) groups is 2. The summed E-state index contributed by atoms with van der Waals surface area (Å²) in [6.45, 7) is 2.54. The van der Waals surface area contributed by atoms with Crippen LogP contribution in [-0.4, -0.2) is 48.5 Å². The summed E-state index contributed by atoms with van der Waals surface area (Å²) in [5, 5.41) is 44.6. The molecule has 0 fully saturated rings. The van der Waals surface area contributed by atoms with E-state index in [9.17, 15) is 18.4 Å². The normalized spacial score (nSPS) is 14.5. The van der Waals surface area contributed by atoms with E-state index in [-0.39, 0.29) is 29.7 Å². The summed E-state index contributed by atoms with van der Waals surface area (Å²) in [6, 6.07) is 5.20. The summed E-state index contributed by atoms with van der Waals surface area (Å²) < 4.78 is 26.5. The van der Waals surface area contributed by atoms with Crippen LogP contribution in [-0.2, 0) is 22.4 Å². The Kier molecular flexibility index (Phi) is 7.91. The van der Waals surface area contributed by atoms with E-state index in [1.54, 1.807) is 0 Å². The lowest BCUT2D eigenvalue weighted by Gasteiger charge is -2.19. The molecule has 0 radical (unpaired) electrons. The van der Waals surface area contributed by atoms with Gasteiger partial charge < -0.3 is 37.0 Å². The zero-order chi connectivity index (χ0) is 24.1. The van der Waals surface area contributed by atoms with Gasteiger partial charge in [0.05, 0.1) is 0 Å². The number of aromatic hydroxyl groups is 3. The van der Waals surface area contributed by atoms with Crippen molar-refractivity contribution in [3.8, 4) is 17.2 Å². The number of halogens is 2. The van der Waals surface area contributed by atoms with Crippen molar-refractivity contribution in [1.82, 2.24) is 0 Å². The van der Waals surface area contributed by atoms with Gasteiger partial charge in [0.15, 0.2) is 11.5 Å². The van der Waals surface area contributed by atoms with Crippen molar-refractivity contribution in [3.63, 3.8) is 0 Å². The van der Waals surface area contributed by atoms with Crippen molar-refractivity contribution in [2.24, 2.45) is 11.5 Å². The van der Waals surface area contributed by atoms with Gasteiger partial charge in [0.2, 0.25) is 0 Å². The van der Waals surface area contributed by atoms with Gasteiger partial charge in [-0.1, -0.05) is 6.07 Å². The summed E-state index contributed by atoms with van der Waals surface area (Å²) in [7, 11) is 0. The third-order valence-corrected chi connectivity index (χ3v) is 4.27. The van der Waals surface area contributed by atoms with Gasteiger partial charge in [0.1, 0.15) is 28.5 Å². The van der Waals surface area contributed by atoms with Crippen LogP contribution in [0.3, 0.4) is 0 Å². The van der Waals surface area contributed by atoms with E-state index in [0.29, 0.717) is 6.07 Å². The van der Waals surface area contributed by atoms with Crippen molar-refractivity contribution in [2.75, 3.05) is 0 Å². The third kappa shape index (κ3) is 7.08. The van der Waals surface area contributed by atoms with Crippen LogP contribution >= 0.6 is 0 Å². The Morgan fingerprint density at radius 2 is 1.23 bits per heavy atom. The summed E-state index contributed by atoms with van der Waals surface area (Å²) in [4.78, 5) is 21.4. The minimum atomic E-state index is -1.63. The van der Waals surface area contributed by atoms with Gasteiger partial charge >= 0.3 is 11.9 Å². The van der Waals surface area contributed by atoms with Gasteiger partial charge in [-0.25, -0.2) is 8.78 Å². The van der Waals surface area contributed by atoms with Crippen LogP contribution in [0.4, 0.5) is 8.78 Å². The van der Waals surface area contributed by atoms with E-state index in [1.165, 1.54) is 26.0 Å². The van der Waals surface area contributed by atoms with E-state index in [1.807, 2.05) is 0 Å². The fourth-order valence-corrected chi connectivity index (χ4v) is 2.35. The Morgan fingerprint density at radius 3 is 1.68 bits per heavy atom. The molecule has 0 bridgehead atoms. The number of nitrogens with two attached hydrogens (primary N) is 2. The number of carboxylic acids is 2. The second-order valence-electron chi connectivity index (χ2n) is 7.51. The number of carboxylic acid groups (broad SMARTS) is 2. The first-order chi connectivity index (χ1) is 14.1. The molecule has 0 spiro atoms. The van der Waals surface area contributed by atoms with Crippen molar-refractivity contribution in [3.05, 3.63) is 53.1 Å². The quantitative estimate of drug-likeness (QED) is 0.326. The molecule has 0 amide bonds. The SMILES string of the molecule is C[C@](N)(Cc1cc(O)c(O)cc1[18F])C(=O)O.C[C@](N)(Cc1ccc(O)cc1[18F])C(=O)O. The van der Waals surface area contributed by atoms with Gasteiger partial charge in [-0.3, -0.25) is 9.59 Å². The smallest absolute Gasteiger partial charge is 0.323 e. The molecule has 0 saturated carbocycles. The Labute approximate surface area is 176 Å². The van der Waals surface area contributed by atoms with Gasteiger partial charge in [-0.05, 0) is 37.1 Å². The lowest BCUT2D eigenvalue weighted by Crippen LogP contribution is -2.47. The minimum Gasteiger partial charge on any atom is -0.508 e. The van der Waals surface area contributed by atoms with Crippen LogP contribution in [0.5, 0.6) is 17.2 Å². The summed E-state index contributed by atoms with van der Waals surface area (Å²) in [5.41, 5.74) is 7.86. The first-order valence-corrected chi connectivity index (χ1v) is 8.79. The Bertz CT molecular complexity index is 978. The molecule has 31 heavy (non-hydrogen) atoms. The summed E-state index contributed by atoms with van der Waals surface area (Å²) >= 11 is 0. The van der Waals surface area contributed by atoms with Crippen LogP contribution in [0.25, 0.3) is 0 Å². The number of hydrogen-bond donors (Lipinski definition) is 7. The molecule has 9 N–H and O–H groups in total. The third-order valence-electron chi connectivity index (χ3n) is 4.27. The van der Waals surface area contributed by atoms with Gasteiger partial charge in [0, 0.05) is 25.0 Å². The zero-order valence-electron chi connectivity index (χ0n) is 16.8. The van der Waals surface area contributed by atoms with E-state index < -0.39 is 46.1 Å². The second-order valence-corrected chi connectivity index (χ2v) is 7.51. The molecule has 0 aliphatic heterocycles. The highest BCUT2D eigenvalue weighted by Crippen LogP contribution is 2.29. The van der Waals surface area contributed by atoms with Crippen LogP contribution in [0.15, 0.2) is 30.3 Å². The largest absolute Gasteiger partial charge is 0.508 e.